The molecule has 0 aliphatic heterocycles. The minimum absolute atomic E-state index is 0.0222. The first-order valence-electron chi connectivity index (χ1n) is 7.07. The molecule has 24 heavy (non-hydrogen) atoms. The summed E-state index contributed by atoms with van der Waals surface area (Å²) in [6.45, 7) is 0.661. The first-order valence-corrected chi connectivity index (χ1v) is 7.44. The first-order chi connectivity index (χ1) is 11.2. The van der Waals surface area contributed by atoms with Gasteiger partial charge in [-0.05, 0) is 30.7 Å². The van der Waals surface area contributed by atoms with Crippen molar-refractivity contribution < 1.29 is 18.3 Å². The molecule has 1 unspecified atom stereocenters. The van der Waals surface area contributed by atoms with Crippen LogP contribution < -0.4 is 11.1 Å². The quantitative estimate of drug-likeness (QED) is 0.735. The number of anilines is 2. The van der Waals surface area contributed by atoms with Crippen molar-refractivity contribution in [2.75, 3.05) is 17.6 Å². The molecule has 9 heteroatoms. The molecule has 0 saturated carbocycles. The number of hydrogen-bond acceptors (Lipinski definition) is 5. The molecular weight excluding hydrogens is 345 g/mol. The van der Waals surface area contributed by atoms with E-state index < -0.39 is 17.8 Å². The zero-order chi connectivity index (χ0) is 17.9. The molecule has 1 atom stereocenters. The van der Waals surface area contributed by atoms with Gasteiger partial charge in [-0.1, -0.05) is 11.6 Å². The van der Waals surface area contributed by atoms with Gasteiger partial charge in [0.15, 0.2) is 5.82 Å². The van der Waals surface area contributed by atoms with Crippen molar-refractivity contribution in [3.05, 3.63) is 35.1 Å². The predicted molar refractivity (Wildman–Crippen MR) is 86.6 cm³/mol. The molecule has 0 saturated heterocycles. The Labute approximate surface area is 141 Å². The van der Waals surface area contributed by atoms with Crippen molar-refractivity contribution >= 4 is 23.1 Å². The lowest BCUT2D eigenvalue weighted by Gasteiger charge is -2.18. The summed E-state index contributed by atoms with van der Waals surface area (Å²) in [4.78, 5) is 0. The van der Waals surface area contributed by atoms with Crippen LogP contribution in [-0.4, -0.2) is 33.9 Å². The van der Waals surface area contributed by atoms with Crippen LogP contribution in [0.25, 0.3) is 11.3 Å². The van der Waals surface area contributed by atoms with Crippen LogP contribution in [0.5, 0.6) is 0 Å². The third-order valence-electron chi connectivity index (χ3n) is 3.32. The molecule has 0 fully saturated rings. The highest BCUT2D eigenvalue weighted by Crippen LogP contribution is 2.27. The minimum Gasteiger partial charge on any atom is -0.396 e. The molecule has 0 amide bonds. The van der Waals surface area contributed by atoms with Crippen molar-refractivity contribution in [2.45, 2.75) is 25.4 Å². The average Bonchev–Trinajstić information content (AvgIpc) is 2.50. The monoisotopic (exact) mass is 360 g/mol. The summed E-state index contributed by atoms with van der Waals surface area (Å²) in [7, 11) is 0. The SMILES string of the molecule is CC(F)(F)C(O)CCNc1nnc(-c2cc(Cl)ccc2F)cc1N. The van der Waals surface area contributed by atoms with Gasteiger partial charge < -0.3 is 16.2 Å². The van der Waals surface area contributed by atoms with Crippen LogP contribution in [0.4, 0.5) is 24.7 Å². The van der Waals surface area contributed by atoms with Gasteiger partial charge in [0.2, 0.25) is 0 Å². The van der Waals surface area contributed by atoms with E-state index >= 15 is 0 Å². The number of nitrogens with zero attached hydrogens (tertiary/aromatic N) is 2. The summed E-state index contributed by atoms with van der Waals surface area (Å²) in [6, 6.07) is 5.40. The van der Waals surface area contributed by atoms with Gasteiger partial charge in [-0.3, -0.25) is 0 Å². The summed E-state index contributed by atoms with van der Waals surface area (Å²) in [5.41, 5.74) is 6.32. The van der Waals surface area contributed by atoms with Gasteiger partial charge in [-0.25, -0.2) is 13.2 Å². The van der Waals surface area contributed by atoms with Gasteiger partial charge in [-0.2, -0.15) is 0 Å². The number of halogens is 4. The minimum atomic E-state index is -3.19. The van der Waals surface area contributed by atoms with Crippen LogP contribution in [0.3, 0.4) is 0 Å². The van der Waals surface area contributed by atoms with E-state index in [-0.39, 0.29) is 35.7 Å². The van der Waals surface area contributed by atoms with Crippen LogP contribution in [0.2, 0.25) is 5.02 Å². The van der Waals surface area contributed by atoms with E-state index in [2.05, 4.69) is 15.5 Å². The fraction of sp³-hybridized carbons (Fsp3) is 0.333. The Morgan fingerprint density at radius 2 is 2.04 bits per heavy atom. The molecule has 1 aromatic carbocycles. The highest BCUT2D eigenvalue weighted by molar-refractivity contribution is 6.30. The Hall–Kier alpha value is -2.06. The van der Waals surface area contributed by atoms with Gasteiger partial charge in [-0.15, -0.1) is 10.2 Å². The molecule has 0 spiro atoms. The fourth-order valence-electron chi connectivity index (χ4n) is 1.95. The second-order valence-electron chi connectivity index (χ2n) is 5.35. The van der Waals surface area contributed by atoms with Gasteiger partial charge in [0.25, 0.3) is 5.92 Å². The Balaban J connectivity index is 2.09. The maximum atomic E-state index is 13.8. The van der Waals surface area contributed by atoms with Crippen LogP contribution in [-0.2, 0) is 0 Å². The molecule has 0 aliphatic rings. The highest BCUT2D eigenvalue weighted by Gasteiger charge is 2.31. The van der Waals surface area contributed by atoms with Gasteiger partial charge >= 0.3 is 0 Å². The number of nitrogen functional groups attached to an aromatic ring is 1. The van der Waals surface area contributed by atoms with E-state index in [1.165, 1.54) is 24.3 Å². The smallest absolute Gasteiger partial charge is 0.270 e. The van der Waals surface area contributed by atoms with E-state index in [9.17, 15) is 18.3 Å². The molecular formula is C15H16ClF3N4O. The normalized spacial score (nSPS) is 12.9. The van der Waals surface area contributed by atoms with Crippen molar-refractivity contribution in [2.24, 2.45) is 0 Å². The molecule has 1 heterocycles. The Kier molecular flexibility index (Phi) is 5.51. The van der Waals surface area contributed by atoms with Crippen molar-refractivity contribution in [1.82, 2.24) is 10.2 Å². The van der Waals surface area contributed by atoms with E-state index in [1.54, 1.807) is 0 Å². The Morgan fingerprint density at radius 1 is 1.33 bits per heavy atom. The van der Waals surface area contributed by atoms with Gasteiger partial charge in [0.05, 0.1) is 11.4 Å². The maximum Gasteiger partial charge on any atom is 0.270 e. The maximum absolute atomic E-state index is 13.8. The topological polar surface area (TPSA) is 84.1 Å². The predicted octanol–water partition coefficient (Wildman–Crippen LogP) is 3.34. The molecule has 1 aromatic heterocycles. The number of hydrogen-bond donors (Lipinski definition) is 3. The molecule has 2 rings (SSSR count). The Bertz CT molecular complexity index is 724. The highest BCUT2D eigenvalue weighted by atomic mass is 35.5. The second kappa shape index (κ2) is 7.23. The molecule has 2 aromatic rings. The number of nitrogens with one attached hydrogen (secondary N) is 1. The number of nitrogens with two attached hydrogens (primary N) is 1. The molecule has 0 bridgehead atoms. The lowest BCUT2D eigenvalue weighted by atomic mass is 10.1. The van der Waals surface area contributed by atoms with E-state index in [0.29, 0.717) is 11.9 Å². The average molecular weight is 361 g/mol. The van der Waals surface area contributed by atoms with Crippen molar-refractivity contribution in [1.29, 1.82) is 0 Å². The van der Waals surface area contributed by atoms with E-state index in [0.717, 1.165) is 0 Å². The third kappa shape index (κ3) is 4.48. The zero-order valence-electron chi connectivity index (χ0n) is 12.7. The van der Waals surface area contributed by atoms with Crippen molar-refractivity contribution in [3.63, 3.8) is 0 Å². The number of aliphatic hydroxyl groups is 1. The van der Waals surface area contributed by atoms with Gasteiger partial charge in [0, 0.05) is 24.1 Å². The second-order valence-corrected chi connectivity index (χ2v) is 5.78. The number of aromatic nitrogens is 2. The lowest BCUT2D eigenvalue weighted by molar-refractivity contribution is -0.0943. The molecule has 0 aliphatic carbocycles. The number of alkyl halides is 2. The summed E-state index contributed by atoms with van der Waals surface area (Å²) in [5, 5.41) is 20.0. The summed E-state index contributed by atoms with van der Waals surface area (Å²) in [6.07, 6.45) is -1.98. The van der Waals surface area contributed by atoms with Crippen LogP contribution >= 0.6 is 11.6 Å². The number of rotatable bonds is 6. The standard InChI is InChI=1S/C15H16ClF3N4O/c1-15(18,19)13(24)4-5-21-14-11(20)7-12(22-23-14)9-6-8(16)2-3-10(9)17/h2-3,6-7,13,24H,4-5H2,1H3,(H2,20,22)(H,21,23). The van der Waals surface area contributed by atoms with Crippen LogP contribution in [0.15, 0.2) is 24.3 Å². The third-order valence-corrected chi connectivity index (χ3v) is 3.56. The Morgan fingerprint density at radius 3 is 2.67 bits per heavy atom. The molecule has 5 nitrogen and oxygen atoms in total. The van der Waals surface area contributed by atoms with E-state index in [1.807, 2.05) is 0 Å². The van der Waals surface area contributed by atoms with Crippen LogP contribution in [0, 0.1) is 5.82 Å². The van der Waals surface area contributed by atoms with Crippen molar-refractivity contribution in [3.8, 4) is 11.3 Å². The van der Waals surface area contributed by atoms with Gasteiger partial charge in [0.1, 0.15) is 11.9 Å². The van der Waals surface area contributed by atoms with E-state index in [4.69, 9.17) is 17.3 Å². The molecule has 130 valence electrons. The molecule has 4 N–H and O–H groups in total. The largest absolute Gasteiger partial charge is 0.396 e. The molecule has 0 radical (unpaired) electrons. The number of aliphatic hydroxyl groups excluding tert-OH is 1. The van der Waals surface area contributed by atoms with Crippen LogP contribution in [0.1, 0.15) is 13.3 Å². The summed E-state index contributed by atoms with van der Waals surface area (Å²) < 4.78 is 39.5. The zero-order valence-corrected chi connectivity index (χ0v) is 13.5. The number of benzene rings is 1. The first kappa shape index (κ1) is 18.3. The lowest BCUT2D eigenvalue weighted by Crippen LogP contribution is -2.31. The summed E-state index contributed by atoms with van der Waals surface area (Å²) >= 11 is 5.83. The fourth-order valence-corrected chi connectivity index (χ4v) is 2.12. The summed E-state index contributed by atoms with van der Waals surface area (Å²) in [5.74, 6) is -3.55.